The van der Waals surface area contributed by atoms with Crippen molar-refractivity contribution in [3.63, 3.8) is 0 Å². The van der Waals surface area contributed by atoms with Crippen LogP contribution in [0.15, 0.2) is 18.2 Å². The predicted octanol–water partition coefficient (Wildman–Crippen LogP) is 2.26. The normalized spacial score (nSPS) is 14.9. The van der Waals surface area contributed by atoms with Gasteiger partial charge in [0, 0.05) is 25.6 Å². The number of hydrogen-bond donors (Lipinski definition) is 4. The van der Waals surface area contributed by atoms with Crippen molar-refractivity contribution >= 4 is 35.2 Å². The smallest absolute Gasteiger partial charge is 0.465 e. The molecule has 0 saturated heterocycles. The van der Waals surface area contributed by atoms with Crippen LogP contribution in [-0.4, -0.2) is 71.2 Å². The number of aliphatic hydroxyl groups excluding tert-OH is 2. The van der Waals surface area contributed by atoms with Gasteiger partial charge in [-0.25, -0.2) is 4.79 Å². The molecule has 0 aromatic heterocycles. The molecule has 0 fully saturated rings. The molecule has 0 radical (unpaired) electrons. The fourth-order valence-corrected chi connectivity index (χ4v) is 3.13. The fraction of sp³-hybridized carbons (Fsp3) is 0.500. The Morgan fingerprint density at radius 3 is 2.32 bits per heavy atom. The van der Waals surface area contributed by atoms with Crippen LogP contribution in [0, 0.1) is 0 Å². The second kappa shape index (κ2) is 9.64. The van der Waals surface area contributed by atoms with E-state index in [4.69, 9.17) is 28.3 Å². The summed E-state index contributed by atoms with van der Waals surface area (Å²) in [5, 5.41) is 30.4. The Kier molecular flexibility index (Phi) is 8.36. The van der Waals surface area contributed by atoms with Crippen LogP contribution in [0.3, 0.4) is 0 Å². The van der Waals surface area contributed by atoms with Crippen LogP contribution in [0.1, 0.15) is 12.0 Å². The number of amides is 2. The van der Waals surface area contributed by atoms with E-state index >= 15 is 0 Å². The first kappa shape index (κ1) is 24.3. The molecule has 0 bridgehead atoms. The van der Waals surface area contributed by atoms with Gasteiger partial charge in [-0.15, -0.1) is 0 Å². The van der Waals surface area contributed by atoms with Crippen LogP contribution in [0.4, 0.5) is 18.0 Å². The van der Waals surface area contributed by atoms with Crippen molar-refractivity contribution in [3.05, 3.63) is 33.8 Å². The summed E-state index contributed by atoms with van der Waals surface area (Å²) in [5.41, 5.74) is -1.31. The van der Waals surface area contributed by atoms with Crippen LogP contribution in [0.25, 0.3) is 0 Å². The number of hydrogen-bond acceptors (Lipinski definition) is 4. The molecule has 0 aliphatic carbocycles. The summed E-state index contributed by atoms with van der Waals surface area (Å²) in [6.45, 7) is -1.82. The van der Waals surface area contributed by atoms with Crippen LogP contribution in [0.2, 0.25) is 10.0 Å². The maximum Gasteiger partial charge on any atom is 0.471 e. The number of nitrogens with zero attached hydrogens (tertiary/aromatic N) is 1. The summed E-state index contributed by atoms with van der Waals surface area (Å²) in [4.78, 5) is 23.0. The summed E-state index contributed by atoms with van der Waals surface area (Å²) < 4.78 is 38.4. The number of benzene rings is 1. The van der Waals surface area contributed by atoms with Crippen molar-refractivity contribution in [1.29, 1.82) is 0 Å². The van der Waals surface area contributed by atoms with Crippen molar-refractivity contribution in [3.8, 4) is 0 Å². The topological polar surface area (TPSA) is 110 Å². The van der Waals surface area contributed by atoms with Crippen molar-refractivity contribution in [1.82, 2.24) is 10.2 Å². The number of rotatable bonds is 8. The van der Waals surface area contributed by atoms with E-state index < -0.39 is 49.4 Å². The minimum atomic E-state index is -5.14. The molecule has 1 aromatic rings. The highest BCUT2D eigenvalue weighted by Crippen LogP contribution is 2.35. The zero-order chi connectivity index (χ0) is 21.7. The van der Waals surface area contributed by atoms with Crippen LogP contribution in [-0.2, 0) is 10.2 Å². The summed E-state index contributed by atoms with van der Waals surface area (Å²) in [6, 6.07) is 4.06. The number of likely N-dealkylation sites (N-methyl/N-ethyl adjacent to an activating group) is 1. The molecule has 0 heterocycles. The maximum atomic E-state index is 12.8. The lowest BCUT2D eigenvalue weighted by Crippen LogP contribution is -2.52. The molecular weight excluding hydrogens is 428 g/mol. The van der Waals surface area contributed by atoms with E-state index in [1.165, 1.54) is 18.2 Å². The molecule has 12 heteroatoms. The summed E-state index contributed by atoms with van der Waals surface area (Å²) in [5.74, 6) is -2.15. The first-order valence-electron chi connectivity index (χ1n) is 7.86. The first-order valence-corrected chi connectivity index (χ1v) is 8.61. The van der Waals surface area contributed by atoms with Crippen molar-refractivity contribution in [2.24, 2.45) is 0 Å². The minimum Gasteiger partial charge on any atom is -0.465 e. The number of aliphatic hydroxyl groups is 2. The Morgan fingerprint density at radius 1 is 1.25 bits per heavy atom. The lowest BCUT2D eigenvalue weighted by Gasteiger charge is -2.39. The number of halogens is 5. The van der Waals surface area contributed by atoms with E-state index in [2.05, 4.69) is 5.32 Å². The lowest BCUT2D eigenvalue weighted by atomic mass is 9.75. The first-order chi connectivity index (χ1) is 12.8. The molecule has 7 nitrogen and oxygen atoms in total. The van der Waals surface area contributed by atoms with Gasteiger partial charge in [0.1, 0.15) is 0 Å². The van der Waals surface area contributed by atoms with Crippen LogP contribution < -0.4 is 5.32 Å². The second-order valence-electron chi connectivity index (χ2n) is 6.27. The zero-order valence-corrected chi connectivity index (χ0v) is 16.1. The molecule has 0 saturated carbocycles. The van der Waals surface area contributed by atoms with Crippen LogP contribution >= 0.6 is 23.2 Å². The van der Waals surface area contributed by atoms with E-state index in [1.54, 1.807) is 0 Å². The summed E-state index contributed by atoms with van der Waals surface area (Å²) in [7, 11) is 0.897. The zero-order valence-electron chi connectivity index (χ0n) is 14.6. The average molecular weight is 447 g/mol. The van der Waals surface area contributed by atoms with Gasteiger partial charge in [-0.2, -0.15) is 13.2 Å². The number of carbonyl (C=O) groups is 2. The molecule has 1 aromatic carbocycles. The largest absolute Gasteiger partial charge is 0.471 e. The standard InChI is InChI=1S/C16H19Cl2F3N2O5/c1-23(13(26)16(19,20)21)8-15(5-10(25)6-24,7-22-14(27)28)9-2-3-11(17)12(18)4-9/h2-4,10,22,24-25H,5-8H2,1H3,(H,27,28). The molecule has 28 heavy (non-hydrogen) atoms. The molecule has 2 atom stereocenters. The van der Waals surface area contributed by atoms with Gasteiger partial charge in [0.25, 0.3) is 0 Å². The van der Waals surface area contributed by atoms with Crippen LogP contribution in [0.5, 0.6) is 0 Å². The Labute approximate surface area is 168 Å². The van der Waals surface area contributed by atoms with Crippen molar-refractivity contribution in [2.75, 3.05) is 26.7 Å². The predicted molar refractivity (Wildman–Crippen MR) is 95.6 cm³/mol. The van der Waals surface area contributed by atoms with Gasteiger partial charge in [0.15, 0.2) is 0 Å². The maximum absolute atomic E-state index is 12.8. The molecule has 2 amide bonds. The van der Waals surface area contributed by atoms with Gasteiger partial charge in [0.2, 0.25) is 0 Å². The van der Waals surface area contributed by atoms with Gasteiger partial charge in [-0.3, -0.25) is 4.79 Å². The lowest BCUT2D eigenvalue weighted by molar-refractivity contribution is -0.185. The van der Waals surface area contributed by atoms with E-state index in [9.17, 15) is 33.0 Å². The number of carbonyl (C=O) groups excluding carboxylic acids is 1. The SMILES string of the molecule is CN(CC(CNC(=O)O)(CC(O)CO)c1ccc(Cl)c(Cl)c1)C(=O)C(F)(F)F. The number of nitrogens with one attached hydrogen (secondary N) is 1. The van der Waals surface area contributed by atoms with E-state index in [0.717, 1.165) is 7.05 Å². The van der Waals surface area contributed by atoms with E-state index in [-0.39, 0.29) is 22.0 Å². The molecule has 1 rings (SSSR count). The van der Waals surface area contributed by atoms with Gasteiger partial charge in [-0.05, 0) is 24.1 Å². The van der Waals surface area contributed by atoms with Crippen molar-refractivity contribution in [2.45, 2.75) is 24.1 Å². The van der Waals surface area contributed by atoms with E-state index in [1.807, 2.05) is 0 Å². The third kappa shape index (κ3) is 6.40. The molecule has 158 valence electrons. The second-order valence-corrected chi connectivity index (χ2v) is 7.08. The summed E-state index contributed by atoms with van der Waals surface area (Å²) >= 11 is 11.8. The fourth-order valence-electron chi connectivity index (χ4n) is 2.83. The molecule has 0 aliphatic heterocycles. The average Bonchev–Trinajstić information content (AvgIpc) is 2.60. The monoisotopic (exact) mass is 446 g/mol. The Hall–Kier alpha value is -1.75. The quantitative estimate of drug-likeness (QED) is 0.489. The van der Waals surface area contributed by atoms with E-state index in [0.29, 0.717) is 4.90 Å². The van der Waals surface area contributed by atoms with Gasteiger partial charge in [0.05, 0.1) is 22.8 Å². The molecular formula is C16H19Cl2F3N2O5. The molecule has 0 spiro atoms. The molecule has 4 N–H and O–H groups in total. The Bertz CT molecular complexity index is 720. The summed E-state index contributed by atoms with van der Waals surface area (Å²) in [6.07, 6.45) is -8.38. The third-order valence-corrected chi connectivity index (χ3v) is 4.82. The number of alkyl halides is 3. The highest BCUT2D eigenvalue weighted by molar-refractivity contribution is 6.42. The Morgan fingerprint density at radius 2 is 1.86 bits per heavy atom. The highest BCUT2D eigenvalue weighted by atomic mass is 35.5. The highest BCUT2D eigenvalue weighted by Gasteiger charge is 2.45. The Balaban J connectivity index is 3.46. The van der Waals surface area contributed by atoms with Crippen molar-refractivity contribution < 1.29 is 38.1 Å². The van der Waals surface area contributed by atoms with Gasteiger partial charge >= 0.3 is 18.2 Å². The minimum absolute atomic E-state index is 0.0437. The van der Waals surface area contributed by atoms with Gasteiger partial charge in [-0.1, -0.05) is 29.3 Å². The molecule has 2 unspecified atom stereocenters. The van der Waals surface area contributed by atoms with Gasteiger partial charge < -0.3 is 25.5 Å². The number of carboxylic acid groups (broad SMARTS) is 1. The third-order valence-electron chi connectivity index (χ3n) is 4.08. The molecule has 0 aliphatic rings.